The van der Waals surface area contributed by atoms with Crippen molar-refractivity contribution in [3.63, 3.8) is 0 Å². The molecule has 2 heterocycles. The molecular weight excluding hydrogens is 490 g/mol. The third-order valence-electron chi connectivity index (χ3n) is 6.24. The highest BCUT2D eigenvalue weighted by atomic mass is 35.5. The molecule has 8 nitrogen and oxygen atoms in total. The molecule has 0 atom stereocenters. The van der Waals surface area contributed by atoms with Crippen molar-refractivity contribution in [3.8, 4) is 17.0 Å². The van der Waals surface area contributed by atoms with Crippen molar-refractivity contribution < 1.29 is 14.3 Å². The van der Waals surface area contributed by atoms with Gasteiger partial charge in [0.2, 0.25) is 5.91 Å². The molecule has 0 spiro atoms. The van der Waals surface area contributed by atoms with Gasteiger partial charge in [-0.3, -0.25) is 9.59 Å². The molecule has 1 aromatic heterocycles. The molecule has 1 saturated heterocycles. The van der Waals surface area contributed by atoms with Gasteiger partial charge in [-0.15, -0.1) is 16.8 Å². The summed E-state index contributed by atoms with van der Waals surface area (Å²) in [6.45, 7) is 6.55. The lowest BCUT2D eigenvalue weighted by atomic mass is 10.1. The summed E-state index contributed by atoms with van der Waals surface area (Å²) in [7, 11) is 1.63. The fourth-order valence-electron chi connectivity index (χ4n) is 4.24. The Morgan fingerprint density at radius 2 is 1.86 bits per heavy atom. The van der Waals surface area contributed by atoms with Gasteiger partial charge in [0.1, 0.15) is 12.3 Å². The average Bonchev–Trinajstić information content (AvgIpc) is 3.19. The first-order chi connectivity index (χ1) is 18.0. The van der Waals surface area contributed by atoms with E-state index in [4.69, 9.17) is 16.3 Å². The zero-order valence-corrected chi connectivity index (χ0v) is 21.6. The number of amides is 2. The Hall–Kier alpha value is -3.91. The van der Waals surface area contributed by atoms with Crippen LogP contribution in [0.1, 0.15) is 16.8 Å². The maximum absolute atomic E-state index is 13.1. The standard InChI is InChI=1S/C28H30ClN5O3/c1-3-14-34(28(36)21-8-10-23(29)11-9-21)20-27(35)33-16-5-15-32(17-18-33)26-13-12-25(30-31-26)22-6-4-7-24(19-22)37-2/h3-4,6-13,19H,1,5,14-18,20H2,2H3. The molecule has 1 fully saturated rings. The monoisotopic (exact) mass is 519 g/mol. The van der Waals surface area contributed by atoms with Gasteiger partial charge < -0.3 is 19.4 Å². The lowest BCUT2D eigenvalue weighted by Gasteiger charge is -2.26. The minimum Gasteiger partial charge on any atom is -0.497 e. The van der Waals surface area contributed by atoms with Crippen molar-refractivity contribution in [2.45, 2.75) is 6.42 Å². The summed E-state index contributed by atoms with van der Waals surface area (Å²) in [5.74, 6) is 1.22. The van der Waals surface area contributed by atoms with Crippen LogP contribution < -0.4 is 9.64 Å². The van der Waals surface area contributed by atoms with Crippen LogP contribution in [0.2, 0.25) is 5.02 Å². The van der Waals surface area contributed by atoms with Crippen LogP contribution in [-0.2, 0) is 4.79 Å². The topological polar surface area (TPSA) is 78.9 Å². The lowest BCUT2D eigenvalue weighted by molar-refractivity contribution is -0.131. The Balaban J connectivity index is 1.37. The molecule has 0 unspecified atom stereocenters. The second-order valence-electron chi connectivity index (χ2n) is 8.71. The van der Waals surface area contributed by atoms with Gasteiger partial charge in [-0.05, 0) is 55.0 Å². The molecule has 0 aliphatic carbocycles. The lowest BCUT2D eigenvalue weighted by Crippen LogP contribution is -2.44. The number of nitrogens with zero attached hydrogens (tertiary/aromatic N) is 5. The highest BCUT2D eigenvalue weighted by Crippen LogP contribution is 2.23. The Labute approximate surface area is 222 Å². The summed E-state index contributed by atoms with van der Waals surface area (Å²) < 4.78 is 5.30. The summed E-state index contributed by atoms with van der Waals surface area (Å²) in [4.78, 5) is 31.6. The summed E-state index contributed by atoms with van der Waals surface area (Å²) >= 11 is 5.94. The van der Waals surface area contributed by atoms with E-state index in [0.717, 1.165) is 35.8 Å². The first-order valence-electron chi connectivity index (χ1n) is 12.1. The van der Waals surface area contributed by atoms with Crippen molar-refractivity contribution in [3.05, 3.63) is 83.9 Å². The van der Waals surface area contributed by atoms with E-state index in [2.05, 4.69) is 21.7 Å². The van der Waals surface area contributed by atoms with Crippen molar-refractivity contribution in [2.75, 3.05) is 51.3 Å². The smallest absolute Gasteiger partial charge is 0.254 e. The van der Waals surface area contributed by atoms with Gasteiger partial charge in [0.05, 0.1) is 12.8 Å². The number of benzene rings is 2. The molecular formula is C28H30ClN5O3. The molecule has 4 rings (SSSR count). The maximum Gasteiger partial charge on any atom is 0.254 e. The van der Waals surface area contributed by atoms with Gasteiger partial charge in [0, 0.05) is 48.9 Å². The van der Waals surface area contributed by atoms with Gasteiger partial charge in [0.15, 0.2) is 5.82 Å². The predicted octanol–water partition coefficient (Wildman–Crippen LogP) is 4.17. The van der Waals surface area contributed by atoms with Gasteiger partial charge in [-0.25, -0.2) is 0 Å². The molecule has 1 aliphatic heterocycles. The minimum atomic E-state index is -0.229. The summed E-state index contributed by atoms with van der Waals surface area (Å²) in [5.41, 5.74) is 2.18. The number of ether oxygens (including phenoxy) is 1. The molecule has 2 amide bonds. The summed E-state index contributed by atoms with van der Waals surface area (Å²) in [6, 6.07) is 18.3. The Bertz CT molecular complexity index is 1230. The van der Waals surface area contributed by atoms with Crippen LogP contribution in [0.15, 0.2) is 73.3 Å². The van der Waals surface area contributed by atoms with Gasteiger partial charge in [0.25, 0.3) is 5.91 Å². The van der Waals surface area contributed by atoms with Crippen LogP contribution >= 0.6 is 11.6 Å². The second kappa shape index (κ2) is 12.4. The zero-order chi connectivity index (χ0) is 26.2. The van der Waals surface area contributed by atoms with Gasteiger partial charge >= 0.3 is 0 Å². The Morgan fingerprint density at radius 1 is 1.05 bits per heavy atom. The number of rotatable bonds is 8. The van der Waals surface area contributed by atoms with E-state index in [1.54, 1.807) is 37.5 Å². The molecule has 192 valence electrons. The quantitative estimate of drug-likeness (QED) is 0.416. The Kier molecular flexibility index (Phi) is 8.74. The molecule has 3 aromatic rings. The molecule has 0 bridgehead atoms. The van der Waals surface area contributed by atoms with Crippen LogP contribution in [0.5, 0.6) is 5.75 Å². The van der Waals surface area contributed by atoms with E-state index in [1.165, 1.54) is 4.90 Å². The SMILES string of the molecule is C=CCN(CC(=O)N1CCCN(c2ccc(-c3cccc(OC)c3)nn2)CC1)C(=O)c1ccc(Cl)cc1. The largest absolute Gasteiger partial charge is 0.497 e. The first-order valence-corrected chi connectivity index (χ1v) is 12.5. The second-order valence-corrected chi connectivity index (χ2v) is 9.15. The van der Waals surface area contributed by atoms with Gasteiger partial charge in [-0.2, -0.15) is 0 Å². The molecule has 0 radical (unpaired) electrons. The molecule has 1 aliphatic rings. The summed E-state index contributed by atoms with van der Waals surface area (Å²) in [5, 5.41) is 9.40. The van der Waals surface area contributed by atoms with E-state index >= 15 is 0 Å². The number of aromatic nitrogens is 2. The highest BCUT2D eigenvalue weighted by Gasteiger charge is 2.24. The van der Waals surface area contributed by atoms with Crippen molar-refractivity contribution in [1.29, 1.82) is 0 Å². The van der Waals surface area contributed by atoms with Crippen LogP contribution in [0.4, 0.5) is 5.82 Å². The van der Waals surface area contributed by atoms with E-state index in [1.807, 2.05) is 41.3 Å². The first kappa shape index (κ1) is 26.2. The number of methoxy groups -OCH3 is 1. The van der Waals surface area contributed by atoms with Gasteiger partial charge in [-0.1, -0.05) is 29.8 Å². The fourth-order valence-corrected chi connectivity index (χ4v) is 4.37. The summed E-state index contributed by atoms with van der Waals surface area (Å²) in [6.07, 6.45) is 2.41. The third kappa shape index (κ3) is 6.65. The van der Waals surface area contributed by atoms with Crippen molar-refractivity contribution in [2.24, 2.45) is 0 Å². The van der Waals surface area contributed by atoms with E-state index in [9.17, 15) is 9.59 Å². The van der Waals surface area contributed by atoms with Crippen LogP contribution in [-0.4, -0.2) is 78.2 Å². The molecule has 37 heavy (non-hydrogen) atoms. The normalized spacial score (nSPS) is 13.6. The number of halogens is 1. The molecule has 0 N–H and O–H groups in total. The van der Waals surface area contributed by atoms with Crippen LogP contribution in [0.25, 0.3) is 11.3 Å². The third-order valence-corrected chi connectivity index (χ3v) is 6.49. The van der Waals surface area contributed by atoms with E-state index in [-0.39, 0.29) is 24.9 Å². The molecule has 0 saturated carbocycles. The van der Waals surface area contributed by atoms with E-state index < -0.39 is 0 Å². The average molecular weight is 520 g/mol. The number of anilines is 1. The van der Waals surface area contributed by atoms with Crippen molar-refractivity contribution >= 4 is 29.2 Å². The van der Waals surface area contributed by atoms with Crippen LogP contribution in [0, 0.1) is 0 Å². The Morgan fingerprint density at radius 3 is 2.57 bits per heavy atom. The zero-order valence-electron chi connectivity index (χ0n) is 20.8. The number of carbonyl (C=O) groups excluding carboxylic acids is 2. The minimum absolute atomic E-state index is 0.0114. The fraction of sp³-hybridized carbons (Fsp3) is 0.286. The highest BCUT2D eigenvalue weighted by molar-refractivity contribution is 6.30. The van der Waals surface area contributed by atoms with Crippen LogP contribution in [0.3, 0.4) is 0 Å². The number of carbonyl (C=O) groups is 2. The van der Waals surface area contributed by atoms with Crippen molar-refractivity contribution in [1.82, 2.24) is 20.0 Å². The maximum atomic E-state index is 13.1. The van der Waals surface area contributed by atoms with E-state index in [0.29, 0.717) is 30.2 Å². The number of hydrogen-bond donors (Lipinski definition) is 0. The number of hydrogen-bond acceptors (Lipinski definition) is 6. The predicted molar refractivity (Wildman–Crippen MR) is 145 cm³/mol. The molecule has 2 aromatic carbocycles. The molecule has 9 heteroatoms.